The molecule has 3 aliphatic rings. The minimum absolute atomic E-state index is 0.237. The Morgan fingerprint density at radius 3 is 2.80 bits per heavy atom. The predicted octanol–water partition coefficient (Wildman–Crippen LogP) is 6.34. The minimum atomic E-state index is -0.237. The second kappa shape index (κ2) is 8.36. The van der Waals surface area contributed by atoms with Crippen LogP contribution in [0.2, 0.25) is 0 Å². The number of rotatable bonds is 4. The van der Waals surface area contributed by atoms with E-state index >= 15 is 4.39 Å². The molecule has 4 aromatic rings. The summed E-state index contributed by atoms with van der Waals surface area (Å²) in [7, 11) is 0. The molecule has 0 radical (unpaired) electrons. The molecule has 0 aliphatic heterocycles. The molecule has 35 heavy (non-hydrogen) atoms. The number of fused-ring (bicyclic) bond motifs is 3. The van der Waals surface area contributed by atoms with E-state index in [9.17, 15) is 0 Å². The first-order valence-corrected chi connectivity index (χ1v) is 12.9. The molecule has 1 atom stereocenters. The van der Waals surface area contributed by atoms with Crippen LogP contribution in [0.4, 0.5) is 4.39 Å². The molecule has 0 amide bonds. The van der Waals surface area contributed by atoms with E-state index in [0.29, 0.717) is 23.0 Å². The van der Waals surface area contributed by atoms with Crippen molar-refractivity contribution in [3.8, 4) is 11.4 Å². The Morgan fingerprint density at radius 2 is 1.91 bits per heavy atom. The average Bonchev–Trinajstić information content (AvgIpc) is 3.63. The van der Waals surface area contributed by atoms with Crippen molar-refractivity contribution in [3.63, 3.8) is 0 Å². The second-order valence-corrected chi connectivity index (χ2v) is 10.4. The smallest absolute Gasteiger partial charge is 0.165 e. The van der Waals surface area contributed by atoms with Crippen LogP contribution in [-0.2, 0) is 12.8 Å². The van der Waals surface area contributed by atoms with E-state index in [1.807, 2.05) is 10.6 Å². The molecule has 1 saturated carbocycles. The van der Waals surface area contributed by atoms with Crippen molar-refractivity contribution >= 4 is 11.2 Å². The Morgan fingerprint density at radius 1 is 1.03 bits per heavy atom. The van der Waals surface area contributed by atoms with Crippen molar-refractivity contribution in [2.45, 2.75) is 63.7 Å². The maximum atomic E-state index is 15.0. The van der Waals surface area contributed by atoms with Gasteiger partial charge in [-0.1, -0.05) is 42.7 Å². The third-order valence-electron chi connectivity index (χ3n) is 8.18. The van der Waals surface area contributed by atoms with Crippen LogP contribution in [-0.4, -0.2) is 24.6 Å². The number of nitrogens with zero attached hydrogens (tertiary/aromatic N) is 5. The highest BCUT2D eigenvalue weighted by molar-refractivity contribution is 5.77. The Bertz CT molecular complexity index is 1460. The van der Waals surface area contributed by atoms with Gasteiger partial charge < -0.3 is 0 Å². The number of hydrogen-bond acceptors (Lipinski definition) is 4. The molecule has 0 spiro atoms. The summed E-state index contributed by atoms with van der Waals surface area (Å²) in [6, 6.07) is 12.3. The van der Waals surface area contributed by atoms with E-state index in [-0.39, 0.29) is 11.7 Å². The van der Waals surface area contributed by atoms with Gasteiger partial charge in [0.2, 0.25) is 0 Å². The van der Waals surface area contributed by atoms with Gasteiger partial charge in [0.1, 0.15) is 11.6 Å². The van der Waals surface area contributed by atoms with E-state index in [1.165, 1.54) is 16.7 Å². The van der Waals surface area contributed by atoms with Gasteiger partial charge in [-0.15, -0.1) is 0 Å². The quantitative estimate of drug-likeness (QED) is 0.353. The van der Waals surface area contributed by atoms with Gasteiger partial charge in [-0.2, -0.15) is 5.10 Å². The van der Waals surface area contributed by atoms with E-state index in [0.717, 1.165) is 69.3 Å². The van der Waals surface area contributed by atoms with Gasteiger partial charge in [-0.05, 0) is 67.2 Å². The summed E-state index contributed by atoms with van der Waals surface area (Å²) in [4.78, 5) is 14.1. The summed E-state index contributed by atoms with van der Waals surface area (Å²) >= 11 is 0. The zero-order valence-corrected chi connectivity index (χ0v) is 19.8. The highest BCUT2D eigenvalue weighted by Gasteiger charge is 2.29. The molecular weight excluding hydrogens is 437 g/mol. The molecule has 3 heterocycles. The molecule has 176 valence electrons. The average molecular weight is 466 g/mol. The summed E-state index contributed by atoms with van der Waals surface area (Å²) < 4.78 is 16.9. The van der Waals surface area contributed by atoms with Crippen LogP contribution in [0.15, 0.2) is 54.4 Å². The lowest BCUT2D eigenvalue weighted by molar-refractivity contribution is 0.460. The Kier molecular flexibility index (Phi) is 5.00. The zero-order chi connectivity index (χ0) is 23.4. The first kappa shape index (κ1) is 20.9. The summed E-state index contributed by atoms with van der Waals surface area (Å²) in [6.45, 7) is 0. The number of benzene rings is 1. The minimum Gasteiger partial charge on any atom is -0.257 e. The zero-order valence-electron chi connectivity index (χ0n) is 19.8. The van der Waals surface area contributed by atoms with Crippen LogP contribution in [0.25, 0.3) is 22.6 Å². The molecule has 1 fully saturated rings. The van der Waals surface area contributed by atoms with Crippen LogP contribution >= 0.6 is 0 Å². The summed E-state index contributed by atoms with van der Waals surface area (Å²) in [5.74, 6) is 1.91. The topological polar surface area (TPSA) is 56.0 Å². The molecule has 0 unspecified atom stereocenters. The highest BCUT2D eigenvalue weighted by Crippen LogP contribution is 2.44. The fraction of sp³-hybridized carbons (Fsp3) is 0.379. The maximum absolute atomic E-state index is 15.0. The molecule has 5 nitrogen and oxygen atoms in total. The fourth-order valence-corrected chi connectivity index (χ4v) is 6.41. The largest absolute Gasteiger partial charge is 0.257 e. The standard InChI is InChI=1S/C29H28FN5/c30-25-16-22(17-31-28(25)19-5-1-2-6-19)29-33-26-11-12-32-35(26)27(34-29)14-18-9-10-21-15-20-7-3-4-8-23(20)24(21)13-18/h3-4,7-8,11-12,16-19H,1-2,5-6,9-10,13-15H2/t18-/m1/s1. The van der Waals surface area contributed by atoms with E-state index in [2.05, 4.69) is 39.3 Å². The van der Waals surface area contributed by atoms with Crippen molar-refractivity contribution in [3.05, 3.63) is 82.8 Å². The molecular formula is C29H28FN5. The van der Waals surface area contributed by atoms with Gasteiger partial charge in [0.25, 0.3) is 0 Å². The van der Waals surface area contributed by atoms with Crippen LogP contribution in [0.3, 0.4) is 0 Å². The molecule has 7 rings (SSSR count). The number of aromatic nitrogens is 5. The number of allylic oxidation sites excluding steroid dienone is 2. The van der Waals surface area contributed by atoms with Crippen molar-refractivity contribution in [1.29, 1.82) is 0 Å². The Balaban J connectivity index is 1.19. The van der Waals surface area contributed by atoms with Crippen molar-refractivity contribution < 1.29 is 4.39 Å². The molecule has 1 aromatic carbocycles. The fourth-order valence-electron chi connectivity index (χ4n) is 6.41. The molecule has 6 heteroatoms. The van der Waals surface area contributed by atoms with Crippen LogP contribution < -0.4 is 0 Å². The first-order chi connectivity index (χ1) is 17.2. The van der Waals surface area contributed by atoms with Crippen LogP contribution in [0.5, 0.6) is 0 Å². The lowest BCUT2D eigenvalue weighted by Crippen LogP contribution is -2.16. The van der Waals surface area contributed by atoms with Gasteiger partial charge in [0.05, 0.1) is 11.9 Å². The SMILES string of the molecule is Fc1cc(-c2nc(C[C@@H]3CCC4=C(C3)c3ccccc3C4)n3nccc3n2)cnc1C1CCCC1. The van der Waals surface area contributed by atoms with Crippen molar-refractivity contribution in [2.75, 3.05) is 0 Å². The van der Waals surface area contributed by atoms with Gasteiger partial charge >= 0.3 is 0 Å². The third-order valence-corrected chi connectivity index (χ3v) is 8.18. The molecule has 3 aliphatic carbocycles. The maximum Gasteiger partial charge on any atom is 0.165 e. The Labute approximate surface area is 204 Å². The molecule has 3 aromatic heterocycles. The third kappa shape index (κ3) is 3.67. The van der Waals surface area contributed by atoms with E-state index in [4.69, 9.17) is 4.98 Å². The lowest BCUT2D eigenvalue weighted by atomic mass is 9.82. The number of hydrogen-bond donors (Lipinski definition) is 0. The number of pyridine rings is 1. The van der Waals surface area contributed by atoms with Gasteiger partial charge in [-0.25, -0.2) is 18.9 Å². The number of halogens is 1. The summed E-state index contributed by atoms with van der Waals surface area (Å²) in [6.07, 6.45) is 13.2. The van der Waals surface area contributed by atoms with Gasteiger partial charge in [-0.3, -0.25) is 4.98 Å². The normalized spacial score (nSPS) is 20.0. The molecule has 0 saturated heterocycles. The lowest BCUT2D eigenvalue weighted by Gasteiger charge is -2.24. The highest BCUT2D eigenvalue weighted by atomic mass is 19.1. The van der Waals surface area contributed by atoms with Crippen molar-refractivity contribution in [2.24, 2.45) is 5.92 Å². The molecule has 0 N–H and O–H groups in total. The van der Waals surface area contributed by atoms with Crippen LogP contribution in [0, 0.1) is 11.7 Å². The van der Waals surface area contributed by atoms with Crippen molar-refractivity contribution in [1.82, 2.24) is 24.6 Å². The summed E-state index contributed by atoms with van der Waals surface area (Å²) in [5.41, 5.74) is 8.02. The summed E-state index contributed by atoms with van der Waals surface area (Å²) in [5, 5.41) is 4.50. The van der Waals surface area contributed by atoms with Gasteiger partial charge in [0, 0.05) is 30.2 Å². The monoisotopic (exact) mass is 465 g/mol. The second-order valence-electron chi connectivity index (χ2n) is 10.4. The van der Waals surface area contributed by atoms with Crippen LogP contribution in [0.1, 0.15) is 73.5 Å². The van der Waals surface area contributed by atoms with E-state index in [1.54, 1.807) is 24.0 Å². The predicted molar refractivity (Wildman–Crippen MR) is 133 cm³/mol. The van der Waals surface area contributed by atoms with Gasteiger partial charge in [0.15, 0.2) is 11.5 Å². The Hall–Kier alpha value is -3.41. The molecule has 0 bridgehead atoms. The first-order valence-electron chi connectivity index (χ1n) is 12.9. The van der Waals surface area contributed by atoms with E-state index < -0.39 is 0 Å².